The van der Waals surface area contributed by atoms with E-state index < -0.39 is 5.97 Å². The van der Waals surface area contributed by atoms with Gasteiger partial charge in [0.2, 0.25) is 0 Å². The van der Waals surface area contributed by atoms with Crippen LogP contribution in [0.5, 0.6) is 0 Å². The molecule has 2 heterocycles. The molecule has 0 atom stereocenters. The standard InChI is InChI=1S/C10H8N2O3/c1-6-3-2-4-7(12-6)9-8(10(13)14)11-5-15-9/h2-5H,1H3,(H,13,14). The van der Waals surface area contributed by atoms with Crippen molar-refractivity contribution in [1.82, 2.24) is 9.97 Å². The first-order valence-electron chi connectivity index (χ1n) is 4.29. The monoisotopic (exact) mass is 204 g/mol. The number of aromatic carboxylic acids is 1. The number of aromatic nitrogens is 2. The van der Waals surface area contributed by atoms with Crippen molar-refractivity contribution in [3.63, 3.8) is 0 Å². The Morgan fingerprint density at radius 3 is 2.93 bits per heavy atom. The molecule has 15 heavy (non-hydrogen) atoms. The maximum atomic E-state index is 10.8. The van der Waals surface area contributed by atoms with Crippen LogP contribution in [0.2, 0.25) is 0 Å². The van der Waals surface area contributed by atoms with Gasteiger partial charge in [-0.25, -0.2) is 14.8 Å². The van der Waals surface area contributed by atoms with Gasteiger partial charge in [-0.15, -0.1) is 0 Å². The Kier molecular flexibility index (Phi) is 2.21. The summed E-state index contributed by atoms with van der Waals surface area (Å²) in [5, 5.41) is 8.83. The molecule has 0 radical (unpaired) electrons. The van der Waals surface area contributed by atoms with Crippen LogP contribution >= 0.6 is 0 Å². The molecule has 0 aromatic carbocycles. The van der Waals surface area contributed by atoms with Crippen LogP contribution in [0.1, 0.15) is 16.2 Å². The molecule has 0 amide bonds. The second kappa shape index (κ2) is 3.53. The molecule has 2 aromatic rings. The number of rotatable bonds is 2. The van der Waals surface area contributed by atoms with Crippen molar-refractivity contribution in [2.75, 3.05) is 0 Å². The molecule has 5 nitrogen and oxygen atoms in total. The van der Waals surface area contributed by atoms with E-state index in [9.17, 15) is 4.79 Å². The van der Waals surface area contributed by atoms with E-state index in [2.05, 4.69) is 9.97 Å². The first-order chi connectivity index (χ1) is 7.18. The number of pyridine rings is 1. The zero-order valence-corrected chi connectivity index (χ0v) is 7.97. The van der Waals surface area contributed by atoms with Crippen molar-refractivity contribution < 1.29 is 14.3 Å². The number of carboxylic acid groups (broad SMARTS) is 1. The van der Waals surface area contributed by atoms with Gasteiger partial charge in [0.05, 0.1) is 0 Å². The summed E-state index contributed by atoms with van der Waals surface area (Å²) in [5.74, 6) is -0.937. The van der Waals surface area contributed by atoms with Crippen LogP contribution in [0.15, 0.2) is 29.0 Å². The van der Waals surface area contributed by atoms with Crippen molar-refractivity contribution in [2.45, 2.75) is 6.92 Å². The van der Waals surface area contributed by atoms with E-state index in [1.54, 1.807) is 12.1 Å². The SMILES string of the molecule is Cc1cccc(-c2ocnc2C(=O)O)n1. The summed E-state index contributed by atoms with van der Waals surface area (Å²) in [6.45, 7) is 1.82. The van der Waals surface area contributed by atoms with Crippen LogP contribution in [0, 0.1) is 6.92 Å². The molecule has 5 heteroatoms. The molecule has 0 bridgehead atoms. The van der Waals surface area contributed by atoms with Gasteiger partial charge in [-0.1, -0.05) is 6.07 Å². The fourth-order valence-electron chi connectivity index (χ4n) is 1.25. The summed E-state index contributed by atoms with van der Waals surface area (Å²) in [7, 11) is 0. The normalized spacial score (nSPS) is 10.2. The van der Waals surface area contributed by atoms with E-state index in [0.717, 1.165) is 12.1 Å². The van der Waals surface area contributed by atoms with Gasteiger partial charge in [-0.3, -0.25) is 0 Å². The van der Waals surface area contributed by atoms with Crippen molar-refractivity contribution >= 4 is 5.97 Å². The fourth-order valence-corrected chi connectivity index (χ4v) is 1.25. The predicted octanol–water partition coefficient (Wildman–Crippen LogP) is 1.74. The Balaban J connectivity index is 2.54. The third-order valence-electron chi connectivity index (χ3n) is 1.89. The summed E-state index contributed by atoms with van der Waals surface area (Å²) in [6.07, 6.45) is 1.10. The molecule has 0 aliphatic carbocycles. The van der Waals surface area contributed by atoms with Crippen LogP contribution in [0.3, 0.4) is 0 Å². The van der Waals surface area contributed by atoms with Crippen molar-refractivity contribution in [1.29, 1.82) is 0 Å². The Labute approximate surface area is 85.4 Å². The fraction of sp³-hybridized carbons (Fsp3) is 0.100. The topological polar surface area (TPSA) is 76.2 Å². The van der Waals surface area contributed by atoms with E-state index in [4.69, 9.17) is 9.52 Å². The molecule has 0 saturated heterocycles. The summed E-state index contributed by atoms with van der Waals surface area (Å²) < 4.78 is 5.01. The minimum atomic E-state index is -1.12. The molecule has 0 aliphatic heterocycles. The number of hydrogen-bond acceptors (Lipinski definition) is 4. The lowest BCUT2D eigenvalue weighted by Crippen LogP contribution is -1.99. The number of oxazole rings is 1. The van der Waals surface area contributed by atoms with Gasteiger partial charge in [0.15, 0.2) is 17.8 Å². The first-order valence-corrected chi connectivity index (χ1v) is 4.29. The number of nitrogens with zero attached hydrogens (tertiary/aromatic N) is 2. The van der Waals surface area contributed by atoms with Gasteiger partial charge in [0.25, 0.3) is 0 Å². The average Bonchev–Trinajstić information content (AvgIpc) is 2.65. The zero-order chi connectivity index (χ0) is 10.8. The molecule has 2 aromatic heterocycles. The molecule has 0 fully saturated rings. The highest BCUT2D eigenvalue weighted by Gasteiger charge is 2.17. The van der Waals surface area contributed by atoms with Gasteiger partial charge in [-0.05, 0) is 19.1 Å². The van der Waals surface area contributed by atoms with Gasteiger partial charge >= 0.3 is 5.97 Å². The third kappa shape index (κ3) is 1.71. The zero-order valence-electron chi connectivity index (χ0n) is 7.97. The van der Waals surface area contributed by atoms with Gasteiger partial charge < -0.3 is 9.52 Å². The molecule has 1 N–H and O–H groups in total. The smallest absolute Gasteiger partial charge is 0.358 e. The number of aryl methyl sites for hydroxylation is 1. The highest BCUT2D eigenvalue weighted by atomic mass is 16.4. The molecule has 2 rings (SSSR count). The summed E-state index contributed by atoms with van der Waals surface area (Å²) in [4.78, 5) is 18.6. The summed E-state index contributed by atoms with van der Waals surface area (Å²) in [6, 6.07) is 5.28. The lowest BCUT2D eigenvalue weighted by molar-refractivity contribution is 0.0691. The second-order valence-corrected chi connectivity index (χ2v) is 3.00. The van der Waals surface area contributed by atoms with E-state index in [0.29, 0.717) is 5.69 Å². The molecular weight excluding hydrogens is 196 g/mol. The Hall–Kier alpha value is -2.17. The molecule has 0 aliphatic rings. The van der Waals surface area contributed by atoms with Crippen LogP contribution in [-0.4, -0.2) is 21.0 Å². The van der Waals surface area contributed by atoms with E-state index in [1.807, 2.05) is 13.0 Å². The minimum Gasteiger partial charge on any atom is -0.476 e. The summed E-state index contributed by atoms with van der Waals surface area (Å²) in [5.41, 5.74) is 1.15. The highest BCUT2D eigenvalue weighted by Crippen LogP contribution is 2.20. The van der Waals surface area contributed by atoms with Crippen LogP contribution < -0.4 is 0 Å². The Bertz CT molecular complexity index is 505. The average molecular weight is 204 g/mol. The number of carboxylic acids is 1. The molecule has 0 saturated carbocycles. The lowest BCUT2D eigenvalue weighted by atomic mass is 10.2. The van der Waals surface area contributed by atoms with E-state index >= 15 is 0 Å². The predicted molar refractivity (Wildman–Crippen MR) is 51.4 cm³/mol. The van der Waals surface area contributed by atoms with Gasteiger partial charge in [0, 0.05) is 5.69 Å². The molecule has 0 unspecified atom stereocenters. The minimum absolute atomic E-state index is 0.117. The van der Waals surface area contributed by atoms with Crippen LogP contribution in [0.4, 0.5) is 0 Å². The largest absolute Gasteiger partial charge is 0.476 e. The van der Waals surface area contributed by atoms with E-state index in [1.165, 1.54) is 0 Å². The van der Waals surface area contributed by atoms with Crippen molar-refractivity contribution in [3.05, 3.63) is 36.0 Å². The third-order valence-corrected chi connectivity index (χ3v) is 1.89. The first kappa shape index (κ1) is 9.39. The van der Waals surface area contributed by atoms with E-state index in [-0.39, 0.29) is 11.5 Å². The van der Waals surface area contributed by atoms with Gasteiger partial charge in [0.1, 0.15) is 5.69 Å². The van der Waals surface area contributed by atoms with Gasteiger partial charge in [-0.2, -0.15) is 0 Å². The molecule has 0 spiro atoms. The number of hydrogen-bond donors (Lipinski definition) is 1. The van der Waals surface area contributed by atoms with Crippen LogP contribution in [0.25, 0.3) is 11.5 Å². The second-order valence-electron chi connectivity index (χ2n) is 3.00. The van der Waals surface area contributed by atoms with Crippen molar-refractivity contribution in [2.24, 2.45) is 0 Å². The van der Waals surface area contributed by atoms with Crippen molar-refractivity contribution in [3.8, 4) is 11.5 Å². The summed E-state index contributed by atoms with van der Waals surface area (Å²) >= 11 is 0. The molecular formula is C10H8N2O3. The maximum Gasteiger partial charge on any atom is 0.358 e. The maximum absolute atomic E-state index is 10.8. The Morgan fingerprint density at radius 1 is 1.47 bits per heavy atom. The Morgan fingerprint density at radius 2 is 2.27 bits per heavy atom. The number of carbonyl (C=O) groups is 1. The highest BCUT2D eigenvalue weighted by molar-refractivity contribution is 5.91. The lowest BCUT2D eigenvalue weighted by Gasteiger charge is -1.98. The quantitative estimate of drug-likeness (QED) is 0.806. The van der Waals surface area contributed by atoms with Crippen LogP contribution in [-0.2, 0) is 0 Å². The molecule has 76 valence electrons.